The summed E-state index contributed by atoms with van der Waals surface area (Å²) in [6.45, 7) is 10.8. The van der Waals surface area contributed by atoms with E-state index in [4.69, 9.17) is 0 Å². The molecule has 5 nitrogen and oxygen atoms in total. The topological polar surface area (TPSA) is 98.0 Å². The Kier molecular flexibility index (Phi) is 6.53. The van der Waals surface area contributed by atoms with E-state index in [2.05, 4.69) is 27.7 Å². The van der Waals surface area contributed by atoms with Crippen molar-refractivity contribution >= 4 is 5.97 Å². The Balaban J connectivity index is 1.66. The zero-order valence-electron chi connectivity index (χ0n) is 20.7. The summed E-state index contributed by atoms with van der Waals surface area (Å²) < 4.78 is 0. The predicted molar refractivity (Wildman–Crippen MR) is 124 cm³/mol. The van der Waals surface area contributed by atoms with Crippen molar-refractivity contribution in [3.8, 4) is 0 Å². The SMILES string of the molecule is CC[C@H]1[C@@H](O)[C@H]2C3CCC([C@H](C)C[C@H](C)C(=O)O)[C@@]3(C)[C@@H](O)CC2[C@@]2(C)CC[C@@H](O)C[C@@H]12. The van der Waals surface area contributed by atoms with Crippen molar-refractivity contribution in [2.45, 2.75) is 104 Å². The third kappa shape index (κ3) is 3.48. The highest BCUT2D eigenvalue weighted by Crippen LogP contribution is 2.69. The zero-order chi connectivity index (χ0) is 23.6. The van der Waals surface area contributed by atoms with Gasteiger partial charge in [-0.25, -0.2) is 0 Å². The first kappa shape index (κ1) is 24.5. The molecule has 0 amide bonds. The number of fused-ring (bicyclic) bond motifs is 5. The molecule has 4 saturated carbocycles. The highest BCUT2D eigenvalue weighted by molar-refractivity contribution is 5.69. The molecule has 4 aliphatic rings. The Morgan fingerprint density at radius 3 is 2.31 bits per heavy atom. The molecule has 0 aromatic carbocycles. The quantitative estimate of drug-likeness (QED) is 0.500. The third-order valence-electron chi connectivity index (χ3n) is 11.4. The van der Waals surface area contributed by atoms with Gasteiger partial charge in [0.2, 0.25) is 0 Å². The molecule has 4 N–H and O–H groups in total. The van der Waals surface area contributed by atoms with Crippen molar-refractivity contribution in [3.63, 3.8) is 0 Å². The van der Waals surface area contributed by atoms with E-state index >= 15 is 0 Å². The van der Waals surface area contributed by atoms with Crippen molar-refractivity contribution in [2.24, 2.45) is 58.2 Å². The standard InChI is InChI=1S/C27H46O5/c1-6-17-20-12-16(28)9-10-26(20,4)21-13-22(29)27(5)18(14(2)11-15(3)25(31)32)7-8-19(27)23(21)24(17)30/h14-24,28-30H,6-13H2,1-5H3,(H,31,32)/t14-,15+,16-,17-,18?,19?,20+,21?,22+,23+,24-,26+,27-/m1/s1. The average molecular weight is 451 g/mol. The maximum atomic E-state index is 11.8. The first-order chi connectivity index (χ1) is 15.0. The lowest BCUT2D eigenvalue weighted by Gasteiger charge is -2.65. The van der Waals surface area contributed by atoms with E-state index < -0.39 is 12.1 Å². The van der Waals surface area contributed by atoms with Crippen LogP contribution in [0, 0.1) is 58.2 Å². The van der Waals surface area contributed by atoms with Gasteiger partial charge in [-0.2, -0.15) is 0 Å². The Bertz CT molecular complexity index is 710. The van der Waals surface area contributed by atoms with Crippen LogP contribution in [0.2, 0.25) is 0 Å². The molecular formula is C27H46O5. The molecule has 32 heavy (non-hydrogen) atoms. The van der Waals surface area contributed by atoms with Crippen LogP contribution in [0.5, 0.6) is 0 Å². The van der Waals surface area contributed by atoms with E-state index in [9.17, 15) is 25.2 Å². The van der Waals surface area contributed by atoms with Gasteiger partial charge in [-0.3, -0.25) is 4.79 Å². The van der Waals surface area contributed by atoms with Gasteiger partial charge in [-0.15, -0.1) is 0 Å². The minimum Gasteiger partial charge on any atom is -0.481 e. The monoisotopic (exact) mass is 450 g/mol. The van der Waals surface area contributed by atoms with Crippen LogP contribution in [-0.2, 0) is 4.79 Å². The molecule has 0 radical (unpaired) electrons. The number of aliphatic hydroxyl groups is 3. The fraction of sp³-hybridized carbons (Fsp3) is 0.963. The zero-order valence-corrected chi connectivity index (χ0v) is 20.7. The van der Waals surface area contributed by atoms with E-state index in [0.29, 0.717) is 12.3 Å². The molecule has 4 aliphatic carbocycles. The van der Waals surface area contributed by atoms with Crippen LogP contribution in [-0.4, -0.2) is 44.7 Å². The molecule has 0 aromatic heterocycles. The van der Waals surface area contributed by atoms with Crippen molar-refractivity contribution in [3.05, 3.63) is 0 Å². The molecule has 4 fully saturated rings. The minimum atomic E-state index is -0.743. The van der Waals surface area contributed by atoms with Crippen molar-refractivity contribution in [1.29, 1.82) is 0 Å². The van der Waals surface area contributed by atoms with Crippen molar-refractivity contribution < 1.29 is 25.2 Å². The fourth-order valence-corrected chi connectivity index (χ4v) is 9.71. The van der Waals surface area contributed by atoms with E-state index in [1.54, 1.807) is 6.92 Å². The number of carboxylic acid groups (broad SMARTS) is 1. The molecule has 0 aromatic rings. The lowest BCUT2D eigenvalue weighted by molar-refractivity contribution is -0.228. The first-order valence-corrected chi connectivity index (χ1v) is 13.2. The summed E-state index contributed by atoms with van der Waals surface area (Å²) in [5.41, 5.74) is -0.205. The fourth-order valence-electron chi connectivity index (χ4n) is 9.71. The van der Waals surface area contributed by atoms with Crippen LogP contribution in [0.1, 0.15) is 86.0 Å². The summed E-state index contributed by atoms with van der Waals surface area (Å²) in [6, 6.07) is 0. The van der Waals surface area contributed by atoms with E-state index in [0.717, 1.165) is 44.9 Å². The Labute approximate surface area is 194 Å². The van der Waals surface area contributed by atoms with Crippen molar-refractivity contribution in [2.75, 3.05) is 0 Å². The van der Waals surface area contributed by atoms with Crippen LogP contribution in [0.15, 0.2) is 0 Å². The van der Waals surface area contributed by atoms with Gasteiger partial charge >= 0.3 is 5.97 Å². The molecule has 5 heteroatoms. The Hall–Kier alpha value is -0.650. The second-order valence-electron chi connectivity index (χ2n) is 12.6. The number of carbonyl (C=O) groups is 1. The highest BCUT2D eigenvalue weighted by atomic mass is 16.4. The largest absolute Gasteiger partial charge is 0.481 e. The van der Waals surface area contributed by atoms with Gasteiger partial charge < -0.3 is 20.4 Å². The molecule has 13 atom stereocenters. The smallest absolute Gasteiger partial charge is 0.306 e. The van der Waals surface area contributed by atoms with Gasteiger partial charge in [0.05, 0.1) is 24.2 Å². The number of aliphatic hydroxyl groups excluding tert-OH is 3. The summed E-state index contributed by atoms with van der Waals surface area (Å²) >= 11 is 0. The molecule has 4 rings (SSSR count). The van der Waals surface area contributed by atoms with Crippen LogP contribution in [0.4, 0.5) is 0 Å². The van der Waals surface area contributed by atoms with Gasteiger partial charge in [-0.1, -0.05) is 41.0 Å². The molecule has 3 unspecified atom stereocenters. The summed E-state index contributed by atoms with van der Waals surface area (Å²) in [5, 5.41) is 43.3. The number of carboxylic acids is 1. The average Bonchev–Trinajstić information content (AvgIpc) is 3.09. The normalized spacial score (nSPS) is 52.4. The summed E-state index contributed by atoms with van der Waals surface area (Å²) in [5.74, 6) is 0.687. The summed E-state index contributed by atoms with van der Waals surface area (Å²) in [4.78, 5) is 11.5. The number of hydrogen-bond acceptors (Lipinski definition) is 4. The number of rotatable bonds is 5. The second-order valence-corrected chi connectivity index (χ2v) is 12.6. The van der Waals surface area contributed by atoms with Crippen LogP contribution in [0.3, 0.4) is 0 Å². The maximum absolute atomic E-state index is 11.8. The summed E-state index contributed by atoms with van der Waals surface area (Å²) in [7, 11) is 0. The van der Waals surface area contributed by atoms with E-state index in [-0.39, 0.29) is 64.5 Å². The first-order valence-electron chi connectivity index (χ1n) is 13.2. The van der Waals surface area contributed by atoms with Gasteiger partial charge in [0.15, 0.2) is 0 Å². The van der Waals surface area contributed by atoms with E-state index in [1.165, 1.54) is 0 Å². The Morgan fingerprint density at radius 1 is 1.00 bits per heavy atom. The van der Waals surface area contributed by atoms with Gasteiger partial charge in [0, 0.05) is 0 Å². The lowest BCUT2D eigenvalue weighted by Crippen LogP contribution is -2.65. The van der Waals surface area contributed by atoms with Crippen LogP contribution >= 0.6 is 0 Å². The van der Waals surface area contributed by atoms with Crippen LogP contribution < -0.4 is 0 Å². The van der Waals surface area contributed by atoms with Gasteiger partial charge in [0.25, 0.3) is 0 Å². The predicted octanol–water partition coefficient (Wildman–Crippen LogP) is 4.33. The highest BCUT2D eigenvalue weighted by Gasteiger charge is 2.67. The lowest BCUT2D eigenvalue weighted by atomic mass is 9.41. The van der Waals surface area contributed by atoms with Gasteiger partial charge in [0.1, 0.15) is 0 Å². The van der Waals surface area contributed by atoms with E-state index in [1.807, 2.05) is 0 Å². The van der Waals surface area contributed by atoms with Gasteiger partial charge in [-0.05, 0) is 97.2 Å². The van der Waals surface area contributed by atoms with Crippen LogP contribution in [0.25, 0.3) is 0 Å². The molecule has 0 bridgehead atoms. The summed E-state index contributed by atoms with van der Waals surface area (Å²) in [6.07, 6.45) is 5.85. The number of hydrogen-bond donors (Lipinski definition) is 4. The molecule has 0 spiro atoms. The molecule has 0 aliphatic heterocycles. The molecule has 0 saturated heterocycles. The second kappa shape index (κ2) is 8.53. The minimum absolute atomic E-state index is 0.0631. The van der Waals surface area contributed by atoms with Crippen molar-refractivity contribution in [1.82, 2.24) is 0 Å². The molecular weight excluding hydrogens is 404 g/mol. The third-order valence-corrected chi connectivity index (χ3v) is 11.4. The molecule has 0 heterocycles. The maximum Gasteiger partial charge on any atom is 0.306 e. The Morgan fingerprint density at radius 2 is 1.69 bits per heavy atom. The molecule has 184 valence electrons. The number of aliphatic carboxylic acids is 1.